The topological polar surface area (TPSA) is 128 Å². The molecular formula is C29H35IN6O4. The molecular weight excluding hydrogens is 623 g/mol. The highest BCUT2D eigenvalue weighted by atomic mass is 127. The molecule has 6 rings (SSSR count). The summed E-state index contributed by atoms with van der Waals surface area (Å²) in [4.78, 5) is 28.3. The number of phenolic OH excluding ortho intramolecular Hbond substituents is 1. The van der Waals surface area contributed by atoms with Gasteiger partial charge in [-0.3, -0.25) is 4.79 Å². The van der Waals surface area contributed by atoms with Crippen LogP contribution in [0.4, 0.5) is 11.5 Å². The van der Waals surface area contributed by atoms with E-state index in [0.717, 1.165) is 51.3 Å². The molecule has 0 amide bonds. The van der Waals surface area contributed by atoms with Crippen LogP contribution in [0, 0.1) is 8.99 Å². The summed E-state index contributed by atoms with van der Waals surface area (Å²) in [7, 11) is 4.14. The monoisotopic (exact) mass is 658 g/mol. The van der Waals surface area contributed by atoms with Crippen LogP contribution in [-0.4, -0.2) is 83.8 Å². The lowest BCUT2D eigenvalue weighted by molar-refractivity contribution is 0.112. The van der Waals surface area contributed by atoms with Crippen LogP contribution in [0.2, 0.25) is 0 Å². The summed E-state index contributed by atoms with van der Waals surface area (Å²) in [6.07, 6.45) is 3.03. The van der Waals surface area contributed by atoms with Gasteiger partial charge < -0.3 is 35.4 Å². The standard InChI is InChI=1S/C29H35IN6O4/c1-34(2)15-29(6-7-29)16-40-28-32-23-13-35(12-20(23)27(33-28)36-10-18(31)9-19(38)11-36)26-21(14-37)25-17(8-24(26)39)4-3-5-22(25)30/h3-5,8,14,18-19,38-39H,6-7,9-13,15-16,31H2,1-2H3. The Hall–Kier alpha value is -2.74. The summed E-state index contributed by atoms with van der Waals surface area (Å²) in [5.41, 5.74) is 9.01. The number of aliphatic hydroxyl groups excluding tert-OH is 1. The number of hydrogen-bond acceptors (Lipinski definition) is 10. The summed E-state index contributed by atoms with van der Waals surface area (Å²) < 4.78 is 7.17. The van der Waals surface area contributed by atoms with Gasteiger partial charge in [-0.15, -0.1) is 0 Å². The normalized spacial score (nSPS) is 21.6. The number of nitrogens with zero attached hydrogens (tertiary/aromatic N) is 5. The summed E-state index contributed by atoms with van der Waals surface area (Å²) >= 11 is 2.23. The Labute approximate surface area is 247 Å². The van der Waals surface area contributed by atoms with Crippen molar-refractivity contribution in [1.29, 1.82) is 0 Å². The van der Waals surface area contributed by atoms with E-state index < -0.39 is 6.10 Å². The van der Waals surface area contributed by atoms with E-state index in [2.05, 4.69) is 41.6 Å². The van der Waals surface area contributed by atoms with Gasteiger partial charge in [0.2, 0.25) is 0 Å². The van der Waals surface area contributed by atoms with Crippen molar-refractivity contribution in [3.63, 3.8) is 0 Å². The van der Waals surface area contributed by atoms with Gasteiger partial charge in [-0.05, 0) is 73.5 Å². The van der Waals surface area contributed by atoms with Gasteiger partial charge in [0, 0.05) is 52.2 Å². The van der Waals surface area contributed by atoms with Crippen LogP contribution >= 0.6 is 22.6 Å². The van der Waals surface area contributed by atoms with Crippen molar-refractivity contribution in [2.75, 3.05) is 50.1 Å². The zero-order chi connectivity index (χ0) is 28.2. The molecule has 3 heterocycles. The number of hydrogen-bond donors (Lipinski definition) is 3. The molecule has 4 N–H and O–H groups in total. The van der Waals surface area contributed by atoms with Crippen LogP contribution in [-0.2, 0) is 13.1 Å². The number of β-amino-alcohol motifs (C(OH)–C–C–N with tert-alkyl or cyclic N) is 1. The third kappa shape index (κ3) is 5.19. The minimum Gasteiger partial charge on any atom is -0.506 e. The Balaban J connectivity index is 1.38. The molecule has 2 aliphatic heterocycles. The number of halogens is 1. The molecule has 1 saturated heterocycles. The highest BCUT2D eigenvalue weighted by Gasteiger charge is 2.44. The fourth-order valence-corrected chi connectivity index (χ4v) is 7.07. The molecule has 11 heteroatoms. The Morgan fingerprint density at radius 3 is 2.73 bits per heavy atom. The van der Waals surface area contributed by atoms with E-state index in [4.69, 9.17) is 20.4 Å². The van der Waals surface area contributed by atoms with Gasteiger partial charge in [0.15, 0.2) is 6.29 Å². The average molecular weight is 659 g/mol. The molecule has 2 fully saturated rings. The van der Waals surface area contributed by atoms with Crippen molar-refractivity contribution in [2.24, 2.45) is 11.1 Å². The Bertz CT molecular complexity index is 1450. The maximum atomic E-state index is 12.4. The van der Waals surface area contributed by atoms with E-state index in [1.54, 1.807) is 6.07 Å². The molecule has 3 aromatic rings. The number of ether oxygens (including phenoxy) is 1. The van der Waals surface area contributed by atoms with Crippen LogP contribution in [0.3, 0.4) is 0 Å². The SMILES string of the molecule is CN(C)CC1(COc2nc3c(c(N4CC(N)CC(O)C4)n2)CN(c2c(O)cc4cccc(I)c4c2C=O)C3)CC1. The second-order valence-corrected chi connectivity index (χ2v) is 13.0. The number of aromatic hydroxyl groups is 1. The smallest absolute Gasteiger partial charge is 0.318 e. The second kappa shape index (κ2) is 10.6. The highest BCUT2D eigenvalue weighted by molar-refractivity contribution is 14.1. The zero-order valence-corrected chi connectivity index (χ0v) is 25.0. The lowest BCUT2D eigenvalue weighted by atomic mass is 10.0. The predicted octanol–water partition coefficient (Wildman–Crippen LogP) is 2.89. The quantitative estimate of drug-likeness (QED) is 0.246. The number of carbonyl (C=O) groups excluding carboxylic acids is 1. The number of benzene rings is 2. The molecule has 2 aromatic carbocycles. The third-order valence-corrected chi connectivity index (χ3v) is 9.05. The summed E-state index contributed by atoms with van der Waals surface area (Å²) in [5, 5.41) is 23.3. The Morgan fingerprint density at radius 1 is 1.23 bits per heavy atom. The lowest BCUT2D eigenvalue weighted by Gasteiger charge is -2.35. The van der Waals surface area contributed by atoms with Crippen molar-refractivity contribution in [1.82, 2.24) is 14.9 Å². The molecule has 0 spiro atoms. The average Bonchev–Trinajstić information content (AvgIpc) is 3.51. The van der Waals surface area contributed by atoms with Gasteiger partial charge >= 0.3 is 6.01 Å². The Morgan fingerprint density at radius 2 is 2.02 bits per heavy atom. The number of piperidine rings is 1. The van der Waals surface area contributed by atoms with Gasteiger partial charge in [-0.2, -0.15) is 9.97 Å². The van der Waals surface area contributed by atoms with Gasteiger partial charge in [0.05, 0.1) is 36.2 Å². The van der Waals surface area contributed by atoms with Crippen molar-refractivity contribution in [3.8, 4) is 11.8 Å². The first-order chi connectivity index (χ1) is 19.2. The fourth-order valence-electron chi connectivity index (χ4n) is 6.26. The van der Waals surface area contributed by atoms with Crippen LogP contribution in [0.15, 0.2) is 24.3 Å². The molecule has 2 unspecified atom stereocenters. The fraction of sp³-hybridized carbons (Fsp3) is 0.483. The van der Waals surface area contributed by atoms with Gasteiger partial charge in [-0.1, -0.05) is 12.1 Å². The Kier molecular flexibility index (Phi) is 7.26. The molecule has 40 heavy (non-hydrogen) atoms. The van der Waals surface area contributed by atoms with Crippen LogP contribution < -0.4 is 20.3 Å². The summed E-state index contributed by atoms with van der Waals surface area (Å²) in [5.74, 6) is 0.738. The van der Waals surface area contributed by atoms with E-state index in [0.29, 0.717) is 62.3 Å². The minimum absolute atomic E-state index is 0.0465. The maximum absolute atomic E-state index is 12.4. The summed E-state index contributed by atoms with van der Waals surface area (Å²) in [6, 6.07) is 7.60. The lowest BCUT2D eigenvalue weighted by Crippen LogP contribution is -2.50. The van der Waals surface area contributed by atoms with Crippen molar-refractivity contribution in [2.45, 2.75) is 44.5 Å². The molecule has 3 aliphatic rings. The van der Waals surface area contributed by atoms with Crippen LogP contribution in [0.5, 0.6) is 11.8 Å². The van der Waals surface area contributed by atoms with E-state index in [1.807, 2.05) is 28.0 Å². The number of aldehydes is 1. The number of rotatable bonds is 8. The predicted molar refractivity (Wildman–Crippen MR) is 162 cm³/mol. The summed E-state index contributed by atoms with van der Waals surface area (Å²) in [6.45, 7) is 3.24. The molecule has 10 nitrogen and oxygen atoms in total. The largest absolute Gasteiger partial charge is 0.506 e. The number of anilines is 2. The number of phenols is 1. The number of fused-ring (bicyclic) bond motifs is 2. The molecule has 0 radical (unpaired) electrons. The molecule has 0 bridgehead atoms. The molecule has 1 saturated carbocycles. The van der Waals surface area contributed by atoms with Crippen molar-refractivity contribution >= 4 is 51.2 Å². The number of nitrogens with two attached hydrogens (primary N) is 1. The molecule has 1 aromatic heterocycles. The van der Waals surface area contributed by atoms with Gasteiger partial charge in [0.25, 0.3) is 0 Å². The third-order valence-electron chi connectivity index (χ3n) is 8.16. The molecule has 2 atom stereocenters. The molecule has 212 valence electrons. The highest BCUT2D eigenvalue weighted by Crippen LogP contribution is 2.47. The van der Waals surface area contributed by atoms with E-state index in [1.165, 1.54) is 0 Å². The van der Waals surface area contributed by atoms with E-state index in [-0.39, 0.29) is 17.2 Å². The van der Waals surface area contributed by atoms with Gasteiger partial charge in [-0.25, -0.2) is 0 Å². The van der Waals surface area contributed by atoms with Crippen molar-refractivity contribution < 1.29 is 19.7 Å². The van der Waals surface area contributed by atoms with Gasteiger partial charge in [0.1, 0.15) is 11.6 Å². The van der Waals surface area contributed by atoms with Crippen LogP contribution in [0.25, 0.3) is 10.8 Å². The second-order valence-electron chi connectivity index (χ2n) is 11.8. The minimum atomic E-state index is -0.556. The van der Waals surface area contributed by atoms with E-state index in [9.17, 15) is 15.0 Å². The number of aliphatic hydroxyl groups is 1. The van der Waals surface area contributed by atoms with Crippen LogP contribution in [0.1, 0.15) is 40.9 Å². The zero-order valence-electron chi connectivity index (χ0n) is 22.8. The first-order valence-electron chi connectivity index (χ1n) is 13.7. The number of carbonyl (C=O) groups is 1. The maximum Gasteiger partial charge on any atom is 0.318 e. The van der Waals surface area contributed by atoms with Crippen molar-refractivity contribution in [3.05, 3.63) is 44.7 Å². The molecule has 1 aliphatic carbocycles. The first kappa shape index (κ1) is 27.4. The first-order valence-corrected chi connectivity index (χ1v) is 14.7. The number of aromatic nitrogens is 2. The van der Waals surface area contributed by atoms with E-state index >= 15 is 0 Å².